The van der Waals surface area contributed by atoms with Gasteiger partial charge in [0.05, 0.1) is 11.7 Å². The van der Waals surface area contributed by atoms with E-state index < -0.39 is 12.8 Å². The molecule has 2 aliphatic carbocycles. The maximum absolute atomic E-state index is 14.1. The fourth-order valence-electron chi connectivity index (χ4n) is 9.64. The Morgan fingerprint density at radius 1 is 1.11 bits per heavy atom. The van der Waals surface area contributed by atoms with E-state index in [4.69, 9.17) is 19.4 Å². The molecule has 9 rings (SSSR count). The Kier molecular flexibility index (Phi) is 8.36. The van der Waals surface area contributed by atoms with Crippen molar-refractivity contribution in [1.82, 2.24) is 30.0 Å². The number of hydrogen-bond donors (Lipinski definition) is 1. The SMILES string of the molecule is C=CC(=O)N1CC2(CCN(c3nc(OC4CC5CC4CN5CCC)nc4c(OCC(F)(F)F)c(-c5c(C)ccc6[nH]ncc56)c(C5CC5)cc34)CC2)C1. The number of alkyl halides is 3. The molecule has 280 valence electrons. The molecule has 1 N–H and O–H groups in total. The summed E-state index contributed by atoms with van der Waals surface area (Å²) in [6, 6.07) is 6.65. The summed E-state index contributed by atoms with van der Waals surface area (Å²) in [5.74, 6) is 1.24. The Bertz CT molecular complexity index is 2080. The summed E-state index contributed by atoms with van der Waals surface area (Å²) in [4.78, 5) is 29.0. The first kappa shape index (κ1) is 34.4. The van der Waals surface area contributed by atoms with Crippen molar-refractivity contribution in [3.63, 3.8) is 0 Å². The highest BCUT2D eigenvalue weighted by Crippen LogP contribution is 2.53. The van der Waals surface area contributed by atoms with E-state index in [1.165, 1.54) is 6.08 Å². The van der Waals surface area contributed by atoms with Gasteiger partial charge in [-0.1, -0.05) is 19.6 Å². The van der Waals surface area contributed by atoms with E-state index in [1.54, 1.807) is 6.20 Å². The van der Waals surface area contributed by atoms with Crippen LogP contribution in [0.4, 0.5) is 19.0 Å². The minimum atomic E-state index is -4.57. The summed E-state index contributed by atoms with van der Waals surface area (Å²) in [6.07, 6.45) is 5.09. The van der Waals surface area contributed by atoms with Gasteiger partial charge in [0.15, 0.2) is 12.4 Å². The molecule has 5 aliphatic rings. The summed E-state index contributed by atoms with van der Waals surface area (Å²) in [6.45, 7) is 11.2. The number of fused-ring (bicyclic) bond motifs is 4. The number of aromatic amines is 1. The lowest BCUT2D eigenvalue weighted by Gasteiger charge is -2.54. The molecule has 0 radical (unpaired) electrons. The number of aromatic nitrogens is 4. The smallest absolute Gasteiger partial charge is 0.422 e. The van der Waals surface area contributed by atoms with Gasteiger partial charge in [-0.05, 0) is 92.8 Å². The van der Waals surface area contributed by atoms with Crippen molar-refractivity contribution >= 4 is 33.5 Å². The number of rotatable bonds is 10. The Morgan fingerprint density at radius 3 is 2.58 bits per heavy atom. The number of ether oxygens (including phenoxy) is 2. The maximum atomic E-state index is 14.1. The molecule has 3 saturated heterocycles. The quantitative estimate of drug-likeness (QED) is 0.172. The number of hydrogen-bond acceptors (Lipinski definition) is 8. The molecule has 13 heteroatoms. The normalized spacial score (nSPS) is 24.0. The monoisotopic (exact) mass is 729 g/mol. The number of piperidine rings is 2. The average Bonchev–Trinajstić information content (AvgIpc) is 3.54. The lowest BCUT2D eigenvalue weighted by atomic mass is 9.72. The number of amides is 1. The molecular weight excluding hydrogens is 683 g/mol. The number of nitrogens with zero attached hydrogens (tertiary/aromatic N) is 6. The highest BCUT2D eigenvalue weighted by molar-refractivity contribution is 6.06. The van der Waals surface area contributed by atoms with E-state index in [-0.39, 0.29) is 35.1 Å². The average molecular weight is 730 g/mol. The standard InChI is InChI=1S/C40H46F3N7O3/c1-4-12-49-19-25-15-26(49)16-31(25)53-38-45-35-28(37(46-38)48-13-10-39(11-14-48)20-50(21-39)32(51)5-2)17-27(24-7-8-24)34(36(35)52-22-40(41,42)43)33-23(3)6-9-30-29(33)18-44-47-30/h5-6,9,17-18,24-26,31H,2,4,7-8,10-16,19-22H2,1,3H3,(H,44,47). The third-order valence-corrected chi connectivity index (χ3v) is 12.4. The van der Waals surface area contributed by atoms with Crippen LogP contribution in [0.2, 0.25) is 0 Å². The predicted octanol–water partition coefficient (Wildman–Crippen LogP) is 7.17. The topological polar surface area (TPSA) is 99.7 Å². The number of carbonyl (C=O) groups is 1. The zero-order valence-electron chi connectivity index (χ0n) is 30.3. The van der Waals surface area contributed by atoms with Gasteiger partial charge in [-0.15, -0.1) is 0 Å². The Morgan fingerprint density at radius 2 is 1.91 bits per heavy atom. The van der Waals surface area contributed by atoms with Crippen LogP contribution < -0.4 is 14.4 Å². The van der Waals surface area contributed by atoms with Crippen LogP contribution in [0.1, 0.15) is 68.9 Å². The van der Waals surface area contributed by atoms with Gasteiger partial charge in [0, 0.05) is 72.9 Å². The van der Waals surface area contributed by atoms with Gasteiger partial charge in [0.1, 0.15) is 17.4 Å². The van der Waals surface area contributed by atoms with Crippen molar-refractivity contribution in [2.24, 2.45) is 11.3 Å². The summed E-state index contributed by atoms with van der Waals surface area (Å²) >= 11 is 0. The van der Waals surface area contributed by atoms with Crippen molar-refractivity contribution in [3.8, 4) is 22.9 Å². The lowest BCUT2D eigenvalue weighted by Crippen LogP contribution is -2.61. The molecule has 5 heterocycles. The lowest BCUT2D eigenvalue weighted by molar-refractivity contribution is -0.153. The first-order chi connectivity index (χ1) is 25.5. The van der Waals surface area contributed by atoms with Crippen molar-refractivity contribution in [3.05, 3.63) is 48.2 Å². The van der Waals surface area contributed by atoms with E-state index >= 15 is 0 Å². The molecule has 2 aromatic carbocycles. The molecule has 1 spiro atoms. The highest BCUT2D eigenvalue weighted by atomic mass is 19.4. The molecule has 3 unspecified atom stereocenters. The Hall–Kier alpha value is -4.39. The summed E-state index contributed by atoms with van der Waals surface area (Å²) in [5, 5.41) is 8.82. The van der Waals surface area contributed by atoms with Gasteiger partial charge < -0.3 is 19.3 Å². The van der Waals surface area contributed by atoms with Crippen LogP contribution in [0.3, 0.4) is 0 Å². The van der Waals surface area contributed by atoms with Crippen LogP contribution in [-0.2, 0) is 4.79 Å². The largest absolute Gasteiger partial charge is 0.481 e. The van der Waals surface area contributed by atoms with Gasteiger partial charge in [0.2, 0.25) is 5.91 Å². The molecule has 5 fully saturated rings. The molecule has 3 atom stereocenters. The van der Waals surface area contributed by atoms with Crippen LogP contribution in [0.5, 0.6) is 11.8 Å². The van der Waals surface area contributed by atoms with Crippen LogP contribution in [-0.4, -0.2) is 100 Å². The van der Waals surface area contributed by atoms with E-state index in [2.05, 4.69) is 39.6 Å². The van der Waals surface area contributed by atoms with Crippen molar-refractivity contribution in [2.45, 2.75) is 83.0 Å². The third kappa shape index (κ3) is 6.18. The number of benzene rings is 2. The Balaban J connectivity index is 1.18. The number of H-pyrrole nitrogens is 1. The Labute approximate surface area is 306 Å². The summed E-state index contributed by atoms with van der Waals surface area (Å²) in [7, 11) is 0. The number of aryl methyl sites for hydroxylation is 1. The minimum absolute atomic E-state index is 0.0406. The molecule has 10 nitrogen and oxygen atoms in total. The third-order valence-electron chi connectivity index (χ3n) is 12.4. The van der Waals surface area contributed by atoms with Crippen LogP contribution in [0.15, 0.2) is 37.1 Å². The van der Waals surface area contributed by atoms with E-state index in [0.717, 1.165) is 85.6 Å². The van der Waals surface area contributed by atoms with Gasteiger partial charge in [-0.25, -0.2) is 0 Å². The first-order valence-electron chi connectivity index (χ1n) is 19.1. The summed E-state index contributed by atoms with van der Waals surface area (Å²) < 4.78 is 54.9. The second-order valence-electron chi connectivity index (χ2n) is 16.1. The number of likely N-dealkylation sites (tertiary alicyclic amines) is 2. The fraction of sp³-hybridized carbons (Fsp3) is 0.550. The van der Waals surface area contributed by atoms with Gasteiger partial charge in [-0.2, -0.15) is 28.2 Å². The fourth-order valence-corrected chi connectivity index (χ4v) is 9.64. The number of halogens is 3. The van der Waals surface area contributed by atoms with Gasteiger partial charge >= 0.3 is 12.2 Å². The molecule has 4 aromatic rings. The second-order valence-corrected chi connectivity index (χ2v) is 16.1. The van der Waals surface area contributed by atoms with Gasteiger partial charge in [-0.3, -0.25) is 14.8 Å². The highest BCUT2D eigenvalue weighted by Gasteiger charge is 2.48. The number of anilines is 1. The maximum Gasteiger partial charge on any atom is 0.422 e. The minimum Gasteiger partial charge on any atom is -0.481 e. The van der Waals surface area contributed by atoms with Crippen LogP contribution in [0.25, 0.3) is 32.9 Å². The molecule has 2 saturated carbocycles. The van der Waals surface area contributed by atoms with Crippen molar-refractivity contribution in [1.29, 1.82) is 0 Å². The molecular formula is C40H46F3N7O3. The molecule has 2 bridgehead atoms. The second kappa shape index (κ2) is 12.9. The van der Waals surface area contributed by atoms with E-state index in [0.29, 0.717) is 60.4 Å². The van der Waals surface area contributed by atoms with Crippen molar-refractivity contribution < 1.29 is 27.4 Å². The number of nitrogens with one attached hydrogen (secondary N) is 1. The van der Waals surface area contributed by atoms with Crippen LogP contribution in [0, 0.1) is 18.3 Å². The number of carbonyl (C=O) groups excluding carboxylic acids is 1. The van der Waals surface area contributed by atoms with E-state index in [9.17, 15) is 18.0 Å². The van der Waals surface area contributed by atoms with E-state index in [1.807, 2.05) is 24.0 Å². The van der Waals surface area contributed by atoms with Crippen molar-refractivity contribution in [2.75, 3.05) is 50.8 Å². The molecule has 2 aromatic heterocycles. The molecule has 3 aliphatic heterocycles. The molecule has 53 heavy (non-hydrogen) atoms. The summed E-state index contributed by atoms with van der Waals surface area (Å²) in [5.41, 5.74) is 4.45. The molecule has 1 amide bonds. The zero-order chi connectivity index (χ0) is 36.6. The van der Waals surface area contributed by atoms with Gasteiger partial charge in [0.25, 0.3) is 0 Å². The predicted molar refractivity (Wildman–Crippen MR) is 196 cm³/mol. The van der Waals surface area contributed by atoms with Crippen LogP contribution >= 0.6 is 0 Å². The zero-order valence-corrected chi connectivity index (χ0v) is 30.3. The first-order valence-corrected chi connectivity index (χ1v) is 19.1.